The van der Waals surface area contributed by atoms with Crippen molar-refractivity contribution in [2.75, 3.05) is 6.61 Å². The zero-order valence-electron chi connectivity index (χ0n) is 11.5. The van der Waals surface area contributed by atoms with E-state index in [9.17, 15) is 14.0 Å². The smallest absolute Gasteiger partial charge is 0.348 e. The summed E-state index contributed by atoms with van der Waals surface area (Å²) in [4.78, 5) is 23.2. The molecule has 0 aromatic heterocycles. The molecule has 0 bridgehead atoms. The Bertz CT molecular complexity index is 468. The van der Waals surface area contributed by atoms with E-state index in [0.29, 0.717) is 6.42 Å². The Morgan fingerprint density at radius 3 is 2.42 bits per heavy atom. The number of aryl methyl sites for hydroxylation is 2. The molecular weight excluding hydrogens is 247 g/mol. The van der Waals surface area contributed by atoms with Crippen LogP contribution in [0.1, 0.15) is 42.3 Å². The van der Waals surface area contributed by atoms with Crippen LogP contribution in [0.3, 0.4) is 0 Å². The van der Waals surface area contributed by atoms with Gasteiger partial charge in [-0.25, -0.2) is 9.18 Å². The SMILES string of the molecule is CCOC(=O)C(F)C(=O)c1ccc(CC)cc1CC. The Kier molecular flexibility index (Phi) is 5.67. The minimum atomic E-state index is -2.24. The fraction of sp³-hybridized carbons (Fsp3) is 0.467. The van der Waals surface area contributed by atoms with Gasteiger partial charge in [0.1, 0.15) is 0 Å². The normalized spacial score (nSPS) is 12.0. The van der Waals surface area contributed by atoms with Gasteiger partial charge in [0.25, 0.3) is 6.17 Å². The first-order chi connectivity index (χ1) is 9.04. The molecular formula is C15H19FO3. The molecule has 0 aliphatic heterocycles. The zero-order chi connectivity index (χ0) is 14.4. The van der Waals surface area contributed by atoms with E-state index in [0.717, 1.165) is 17.5 Å². The Morgan fingerprint density at radius 2 is 1.89 bits per heavy atom. The predicted octanol–water partition coefficient (Wildman–Crippen LogP) is 2.90. The number of esters is 1. The van der Waals surface area contributed by atoms with E-state index >= 15 is 0 Å². The number of ether oxygens (including phenoxy) is 1. The van der Waals surface area contributed by atoms with Crippen molar-refractivity contribution in [3.63, 3.8) is 0 Å². The number of hydrogen-bond acceptors (Lipinski definition) is 3. The number of rotatable bonds is 6. The molecule has 3 nitrogen and oxygen atoms in total. The minimum Gasteiger partial charge on any atom is -0.463 e. The number of ketones is 1. The van der Waals surface area contributed by atoms with Gasteiger partial charge in [-0.1, -0.05) is 32.0 Å². The van der Waals surface area contributed by atoms with E-state index < -0.39 is 17.9 Å². The van der Waals surface area contributed by atoms with E-state index in [1.807, 2.05) is 19.9 Å². The summed E-state index contributed by atoms with van der Waals surface area (Å²) in [7, 11) is 0. The van der Waals surface area contributed by atoms with Crippen LogP contribution < -0.4 is 0 Å². The summed E-state index contributed by atoms with van der Waals surface area (Å²) in [5.74, 6) is -1.94. The highest BCUT2D eigenvalue weighted by Crippen LogP contribution is 2.17. The van der Waals surface area contributed by atoms with E-state index in [2.05, 4.69) is 4.74 Å². The first-order valence-electron chi connectivity index (χ1n) is 6.51. The van der Waals surface area contributed by atoms with Crippen molar-refractivity contribution in [1.29, 1.82) is 0 Å². The van der Waals surface area contributed by atoms with Crippen LogP contribution in [0.2, 0.25) is 0 Å². The van der Waals surface area contributed by atoms with Crippen LogP contribution in [0.5, 0.6) is 0 Å². The highest BCUT2D eigenvalue weighted by atomic mass is 19.1. The first kappa shape index (κ1) is 15.3. The first-order valence-corrected chi connectivity index (χ1v) is 6.51. The quantitative estimate of drug-likeness (QED) is 0.452. The third-order valence-electron chi connectivity index (χ3n) is 2.95. The number of halogens is 1. The summed E-state index contributed by atoms with van der Waals surface area (Å²) in [6.07, 6.45) is -0.777. The van der Waals surface area contributed by atoms with E-state index in [1.54, 1.807) is 19.1 Å². The lowest BCUT2D eigenvalue weighted by molar-refractivity contribution is -0.147. The number of carbonyl (C=O) groups excluding carboxylic acids is 2. The van der Waals surface area contributed by atoms with Crippen molar-refractivity contribution >= 4 is 11.8 Å². The third-order valence-corrected chi connectivity index (χ3v) is 2.95. The van der Waals surface area contributed by atoms with Crippen molar-refractivity contribution in [1.82, 2.24) is 0 Å². The molecule has 4 heteroatoms. The van der Waals surface area contributed by atoms with Crippen molar-refractivity contribution < 1.29 is 18.7 Å². The molecule has 104 valence electrons. The summed E-state index contributed by atoms with van der Waals surface area (Å²) in [6, 6.07) is 5.25. The lowest BCUT2D eigenvalue weighted by atomic mass is 9.96. The largest absolute Gasteiger partial charge is 0.463 e. The number of hydrogen-bond donors (Lipinski definition) is 0. The van der Waals surface area contributed by atoms with Gasteiger partial charge in [-0.15, -0.1) is 0 Å². The van der Waals surface area contributed by atoms with Crippen molar-refractivity contribution in [3.8, 4) is 0 Å². The molecule has 0 fully saturated rings. The van der Waals surface area contributed by atoms with Gasteiger partial charge in [-0.2, -0.15) is 0 Å². The second-order valence-corrected chi connectivity index (χ2v) is 4.18. The summed E-state index contributed by atoms with van der Waals surface area (Å²) < 4.78 is 18.3. The van der Waals surface area contributed by atoms with E-state index in [-0.39, 0.29) is 12.2 Å². The molecule has 0 aliphatic rings. The topological polar surface area (TPSA) is 43.4 Å². The zero-order valence-corrected chi connectivity index (χ0v) is 11.5. The maximum atomic E-state index is 13.7. The molecule has 0 saturated carbocycles. The second-order valence-electron chi connectivity index (χ2n) is 4.18. The summed E-state index contributed by atoms with van der Waals surface area (Å²) in [5, 5.41) is 0. The van der Waals surface area contributed by atoms with E-state index in [4.69, 9.17) is 0 Å². The van der Waals surface area contributed by atoms with Crippen LogP contribution in [0.4, 0.5) is 4.39 Å². The molecule has 1 aromatic carbocycles. The fourth-order valence-electron chi connectivity index (χ4n) is 1.86. The number of benzene rings is 1. The maximum absolute atomic E-state index is 13.7. The van der Waals surface area contributed by atoms with Gasteiger partial charge < -0.3 is 4.74 Å². The predicted molar refractivity (Wildman–Crippen MR) is 71.1 cm³/mol. The molecule has 1 unspecified atom stereocenters. The van der Waals surface area contributed by atoms with Crippen molar-refractivity contribution in [2.45, 2.75) is 39.8 Å². The van der Waals surface area contributed by atoms with Gasteiger partial charge in [-0.3, -0.25) is 4.79 Å². The molecule has 0 spiro atoms. The third kappa shape index (κ3) is 3.63. The Morgan fingerprint density at radius 1 is 1.21 bits per heavy atom. The maximum Gasteiger partial charge on any atom is 0.348 e. The van der Waals surface area contributed by atoms with Crippen LogP contribution >= 0.6 is 0 Å². The Hall–Kier alpha value is -1.71. The van der Waals surface area contributed by atoms with Gasteiger partial charge in [0.05, 0.1) is 6.61 Å². The van der Waals surface area contributed by atoms with Gasteiger partial charge >= 0.3 is 5.97 Å². The second kappa shape index (κ2) is 7.02. The van der Waals surface area contributed by atoms with Gasteiger partial charge in [0.2, 0.25) is 5.78 Å². The van der Waals surface area contributed by atoms with Crippen LogP contribution in [-0.2, 0) is 22.4 Å². The van der Waals surface area contributed by atoms with Gasteiger partial charge in [0, 0.05) is 5.56 Å². The summed E-state index contributed by atoms with van der Waals surface area (Å²) in [5.41, 5.74) is 2.11. The standard InChI is InChI=1S/C15H19FO3/c1-4-10-7-8-12(11(5-2)9-10)14(17)13(16)15(18)19-6-3/h7-9,13H,4-6H2,1-3H3. The lowest BCUT2D eigenvalue weighted by Crippen LogP contribution is -2.28. The van der Waals surface area contributed by atoms with Crippen LogP contribution in [0, 0.1) is 0 Å². The molecule has 0 radical (unpaired) electrons. The molecule has 0 amide bonds. The summed E-state index contributed by atoms with van der Waals surface area (Å²) >= 11 is 0. The molecule has 1 atom stereocenters. The molecule has 1 aromatic rings. The molecule has 0 saturated heterocycles. The minimum absolute atomic E-state index is 0.0575. The molecule has 1 rings (SSSR count). The summed E-state index contributed by atoms with van der Waals surface area (Å²) in [6.45, 7) is 5.53. The number of carbonyl (C=O) groups is 2. The number of alkyl halides is 1. The molecule has 0 aliphatic carbocycles. The van der Waals surface area contributed by atoms with E-state index in [1.165, 1.54) is 0 Å². The number of Topliss-reactive ketones (excluding diaryl/α,β-unsaturated/α-hetero) is 1. The highest BCUT2D eigenvalue weighted by Gasteiger charge is 2.29. The van der Waals surface area contributed by atoms with Crippen LogP contribution in [-0.4, -0.2) is 24.5 Å². The Labute approximate surface area is 112 Å². The highest BCUT2D eigenvalue weighted by molar-refractivity contribution is 6.11. The molecule has 0 heterocycles. The van der Waals surface area contributed by atoms with Gasteiger partial charge in [0.15, 0.2) is 0 Å². The van der Waals surface area contributed by atoms with Crippen LogP contribution in [0.15, 0.2) is 18.2 Å². The molecule has 0 N–H and O–H groups in total. The fourth-order valence-corrected chi connectivity index (χ4v) is 1.86. The van der Waals surface area contributed by atoms with Crippen molar-refractivity contribution in [2.24, 2.45) is 0 Å². The molecule has 19 heavy (non-hydrogen) atoms. The average Bonchev–Trinajstić information content (AvgIpc) is 2.45. The average molecular weight is 266 g/mol. The monoisotopic (exact) mass is 266 g/mol. The van der Waals surface area contributed by atoms with Crippen LogP contribution in [0.25, 0.3) is 0 Å². The lowest BCUT2D eigenvalue weighted by Gasteiger charge is -2.11. The van der Waals surface area contributed by atoms with Gasteiger partial charge in [-0.05, 0) is 30.9 Å². The van der Waals surface area contributed by atoms with Crippen molar-refractivity contribution in [3.05, 3.63) is 34.9 Å². The Balaban J connectivity index is 3.02.